The standard InChI is InChI=1S/C11H9Br2Cl2NO/c12-4-6-1-10(17)16(5-6)11-8(14)2-7(13)3-9(11)15/h2-3,6H,1,4-5H2. The van der Waals surface area contributed by atoms with E-state index in [1.165, 1.54) is 0 Å². The molecule has 1 heterocycles. The van der Waals surface area contributed by atoms with Crippen LogP contribution in [0.5, 0.6) is 0 Å². The van der Waals surface area contributed by atoms with E-state index in [-0.39, 0.29) is 5.91 Å². The van der Waals surface area contributed by atoms with Gasteiger partial charge in [-0.1, -0.05) is 55.1 Å². The molecule has 0 spiro atoms. The third-order valence-corrected chi connectivity index (χ3v) is 4.62. The molecule has 1 aliphatic rings. The lowest BCUT2D eigenvalue weighted by Gasteiger charge is -2.19. The summed E-state index contributed by atoms with van der Waals surface area (Å²) in [6.07, 6.45) is 0.536. The van der Waals surface area contributed by atoms with Gasteiger partial charge >= 0.3 is 0 Å². The predicted octanol–water partition coefficient (Wildman–Crippen LogP) is 4.50. The predicted molar refractivity (Wildman–Crippen MR) is 78.4 cm³/mol. The van der Waals surface area contributed by atoms with Crippen molar-refractivity contribution in [3.05, 3.63) is 26.7 Å². The van der Waals surface area contributed by atoms with Crippen LogP contribution in [0.15, 0.2) is 16.6 Å². The Labute approximate surface area is 127 Å². The van der Waals surface area contributed by atoms with E-state index in [4.69, 9.17) is 23.2 Å². The first kappa shape index (κ1) is 13.7. The zero-order valence-electron chi connectivity index (χ0n) is 8.72. The van der Waals surface area contributed by atoms with Gasteiger partial charge in [0.25, 0.3) is 0 Å². The van der Waals surface area contributed by atoms with Crippen molar-refractivity contribution in [1.29, 1.82) is 0 Å². The van der Waals surface area contributed by atoms with Crippen molar-refractivity contribution in [2.45, 2.75) is 6.42 Å². The molecule has 1 atom stereocenters. The van der Waals surface area contributed by atoms with Gasteiger partial charge in [-0.2, -0.15) is 0 Å². The molecule has 1 unspecified atom stereocenters. The molecule has 1 saturated heterocycles. The van der Waals surface area contributed by atoms with E-state index < -0.39 is 0 Å². The van der Waals surface area contributed by atoms with Crippen LogP contribution in [-0.2, 0) is 4.79 Å². The smallest absolute Gasteiger partial charge is 0.227 e. The first-order valence-corrected chi connectivity index (χ1v) is 7.71. The van der Waals surface area contributed by atoms with Gasteiger partial charge in [-0.05, 0) is 18.1 Å². The van der Waals surface area contributed by atoms with Gasteiger partial charge in [-0.15, -0.1) is 0 Å². The van der Waals surface area contributed by atoms with Gasteiger partial charge in [0.15, 0.2) is 0 Å². The first-order valence-electron chi connectivity index (χ1n) is 5.03. The molecule has 6 heteroatoms. The Morgan fingerprint density at radius 3 is 2.41 bits per heavy atom. The van der Waals surface area contributed by atoms with E-state index >= 15 is 0 Å². The number of carbonyl (C=O) groups excluding carboxylic acids is 1. The van der Waals surface area contributed by atoms with Gasteiger partial charge < -0.3 is 4.90 Å². The van der Waals surface area contributed by atoms with Crippen LogP contribution >= 0.6 is 55.1 Å². The molecule has 0 aromatic heterocycles. The number of alkyl halides is 1. The minimum atomic E-state index is 0.0700. The molecule has 0 radical (unpaired) electrons. The summed E-state index contributed by atoms with van der Waals surface area (Å²) in [5, 5.41) is 1.79. The summed E-state index contributed by atoms with van der Waals surface area (Å²) in [6.45, 7) is 0.658. The molecule has 1 amide bonds. The van der Waals surface area contributed by atoms with E-state index in [9.17, 15) is 4.79 Å². The van der Waals surface area contributed by atoms with E-state index in [2.05, 4.69) is 31.9 Å². The number of carbonyl (C=O) groups is 1. The molecular formula is C11H9Br2Cl2NO. The van der Waals surface area contributed by atoms with E-state index in [1.54, 1.807) is 17.0 Å². The van der Waals surface area contributed by atoms with Gasteiger partial charge in [-0.25, -0.2) is 0 Å². The van der Waals surface area contributed by atoms with Crippen LogP contribution < -0.4 is 4.90 Å². The Balaban J connectivity index is 2.38. The monoisotopic (exact) mass is 399 g/mol. The van der Waals surface area contributed by atoms with Crippen molar-refractivity contribution in [2.24, 2.45) is 5.92 Å². The van der Waals surface area contributed by atoms with Crippen LogP contribution in [0, 0.1) is 5.92 Å². The second kappa shape index (κ2) is 5.47. The maximum atomic E-state index is 11.9. The maximum Gasteiger partial charge on any atom is 0.227 e. The molecule has 1 aromatic carbocycles. The highest BCUT2D eigenvalue weighted by molar-refractivity contribution is 9.10. The first-order chi connectivity index (χ1) is 8.02. The lowest BCUT2D eigenvalue weighted by molar-refractivity contribution is -0.117. The molecule has 1 aromatic rings. The number of benzene rings is 1. The fourth-order valence-corrected chi connectivity index (χ4v) is 3.74. The Kier molecular flexibility index (Phi) is 4.40. The SMILES string of the molecule is O=C1CC(CBr)CN1c1c(Cl)cc(Br)cc1Cl. The highest BCUT2D eigenvalue weighted by atomic mass is 79.9. The number of hydrogen-bond donors (Lipinski definition) is 0. The summed E-state index contributed by atoms with van der Waals surface area (Å²) in [5.74, 6) is 0.388. The number of amides is 1. The fraction of sp³-hybridized carbons (Fsp3) is 0.364. The van der Waals surface area contributed by atoms with Crippen molar-refractivity contribution in [3.63, 3.8) is 0 Å². The highest BCUT2D eigenvalue weighted by Crippen LogP contribution is 2.39. The third kappa shape index (κ3) is 2.80. The van der Waals surface area contributed by atoms with Crippen LogP contribution in [0.3, 0.4) is 0 Å². The second-order valence-corrected chi connectivity index (χ2v) is 6.32. The van der Waals surface area contributed by atoms with Crippen LogP contribution in [0.4, 0.5) is 5.69 Å². The van der Waals surface area contributed by atoms with Crippen molar-refractivity contribution in [3.8, 4) is 0 Å². The zero-order chi connectivity index (χ0) is 12.6. The molecular weight excluding hydrogens is 393 g/mol. The minimum absolute atomic E-state index is 0.0700. The Morgan fingerprint density at radius 2 is 1.94 bits per heavy atom. The van der Waals surface area contributed by atoms with Crippen molar-refractivity contribution < 1.29 is 4.79 Å². The van der Waals surface area contributed by atoms with Gasteiger partial charge in [0, 0.05) is 22.8 Å². The van der Waals surface area contributed by atoms with Crippen LogP contribution in [-0.4, -0.2) is 17.8 Å². The number of hydrogen-bond acceptors (Lipinski definition) is 1. The van der Waals surface area contributed by atoms with Gasteiger partial charge in [0.05, 0.1) is 15.7 Å². The molecule has 0 N–H and O–H groups in total. The Morgan fingerprint density at radius 1 is 1.35 bits per heavy atom. The number of rotatable bonds is 2. The maximum absolute atomic E-state index is 11.9. The molecule has 2 rings (SSSR count). The zero-order valence-corrected chi connectivity index (χ0v) is 13.4. The number of anilines is 1. The molecule has 2 nitrogen and oxygen atoms in total. The average Bonchev–Trinajstić information content (AvgIpc) is 2.59. The summed E-state index contributed by atoms with van der Waals surface area (Å²) in [6, 6.07) is 3.50. The van der Waals surface area contributed by atoms with Gasteiger partial charge in [-0.3, -0.25) is 4.79 Å². The molecule has 1 aliphatic heterocycles. The van der Waals surface area contributed by atoms with Crippen LogP contribution in [0.25, 0.3) is 0 Å². The Bertz CT molecular complexity index is 444. The summed E-state index contributed by atoms with van der Waals surface area (Å²) in [4.78, 5) is 13.6. The largest absolute Gasteiger partial charge is 0.309 e. The molecule has 92 valence electrons. The summed E-state index contributed by atoms with van der Waals surface area (Å²) >= 11 is 19.0. The quantitative estimate of drug-likeness (QED) is 0.668. The lowest BCUT2D eigenvalue weighted by atomic mass is 10.2. The van der Waals surface area contributed by atoms with Crippen LogP contribution in [0.2, 0.25) is 10.0 Å². The van der Waals surface area contributed by atoms with Crippen molar-refractivity contribution >= 4 is 66.7 Å². The lowest BCUT2D eigenvalue weighted by Crippen LogP contribution is -2.25. The van der Waals surface area contributed by atoms with Gasteiger partial charge in [0.2, 0.25) is 5.91 Å². The molecule has 17 heavy (non-hydrogen) atoms. The number of nitrogens with zero attached hydrogens (tertiary/aromatic N) is 1. The fourth-order valence-electron chi connectivity index (χ4n) is 1.89. The third-order valence-electron chi connectivity index (χ3n) is 2.67. The van der Waals surface area contributed by atoms with Crippen molar-refractivity contribution in [2.75, 3.05) is 16.8 Å². The molecule has 0 saturated carbocycles. The minimum Gasteiger partial charge on any atom is -0.309 e. The Hall–Kier alpha value is 0.230. The average molecular weight is 402 g/mol. The molecule has 0 bridgehead atoms. The summed E-state index contributed by atoms with van der Waals surface area (Å²) < 4.78 is 0.805. The molecule has 0 aliphatic carbocycles. The van der Waals surface area contributed by atoms with Crippen LogP contribution in [0.1, 0.15) is 6.42 Å². The summed E-state index contributed by atoms with van der Waals surface area (Å²) in [5.41, 5.74) is 0.616. The van der Waals surface area contributed by atoms with E-state index in [0.29, 0.717) is 34.6 Å². The van der Waals surface area contributed by atoms with Gasteiger partial charge in [0.1, 0.15) is 0 Å². The highest BCUT2D eigenvalue weighted by Gasteiger charge is 2.32. The topological polar surface area (TPSA) is 20.3 Å². The normalized spacial score (nSPS) is 20.1. The van der Waals surface area contributed by atoms with Crippen molar-refractivity contribution in [1.82, 2.24) is 0 Å². The number of halogens is 4. The summed E-state index contributed by atoms with van der Waals surface area (Å²) in [7, 11) is 0. The second-order valence-electron chi connectivity index (χ2n) is 3.95. The van der Waals surface area contributed by atoms with E-state index in [1.807, 2.05) is 0 Å². The van der Waals surface area contributed by atoms with E-state index in [0.717, 1.165) is 9.80 Å². The molecule has 1 fully saturated rings.